The molecular weight excluding hydrogens is 214 g/mol. The highest BCUT2D eigenvalue weighted by molar-refractivity contribution is 5.81. The Hall–Kier alpha value is -0.610. The van der Waals surface area contributed by atoms with E-state index in [0.29, 0.717) is 11.9 Å². The van der Waals surface area contributed by atoms with Crippen LogP contribution in [0.4, 0.5) is 0 Å². The predicted octanol–water partition coefficient (Wildman–Crippen LogP) is 0.681. The van der Waals surface area contributed by atoms with Crippen molar-refractivity contribution in [1.82, 2.24) is 15.1 Å². The molecule has 2 saturated heterocycles. The van der Waals surface area contributed by atoms with Crippen molar-refractivity contribution in [2.24, 2.45) is 0 Å². The van der Waals surface area contributed by atoms with Crippen LogP contribution in [-0.2, 0) is 4.79 Å². The fraction of sp³-hybridized carbons (Fsp3) is 0.923. The first kappa shape index (κ1) is 12.8. The standard InChI is InChI=1S/C13H25N3O/c1-11-5-3-4-8-16(11)12(2)13(17)15-9-6-14-7-10-15/h11-12,14H,3-10H2,1-2H3. The summed E-state index contributed by atoms with van der Waals surface area (Å²) < 4.78 is 0. The van der Waals surface area contributed by atoms with E-state index in [1.54, 1.807) is 0 Å². The number of hydrogen-bond donors (Lipinski definition) is 1. The first-order chi connectivity index (χ1) is 8.20. The monoisotopic (exact) mass is 239 g/mol. The quantitative estimate of drug-likeness (QED) is 0.770. The summed E-state index contributed by atoms with van der Waals surface area (Å²) in [7, 11) is 0. The molecule has 2 atom stereocenters. The number of amides is 1. The van der Waals surface area contributed by atoms with Crippen LogP contribution in [0.1, 0.15) is 33.1 Å². The minimum atomic E-state index is 0.0587. The van der Waals surface area contributed by atoms with Gasteiger partial charge in [0.25, 0.3) is 0 Å². The Morgan fingerprint density at radius 1 is 1.24 bits per heavy atom. The minimum Gasteiger partial charge on any atom is -0.339 e. The molecule has 2 aliphatic rings. The number of nitrogens with one attached hydrogen (secondary N) is 1. The van der Waals surface area contributed by atoms with Gasteiger partial charge in [-0.1, -0.05) is 6.42 Å². The Morgan fingerprint density at radius 3 is 2.59 bits per heavy atom. The van der Waals surface area contributed by atoms with Crippen LogP contribution in [0.25, 0.3) is 0 Å². The third-order valence-electron chi connectivity index (χ3n) is 4.14. The van der Waals surface area contributed by atoms with Crippen LogP contribution in [0.2, 0.25) is 0 Å². The Balaban J connectivity index is 1.92. The SMILES string of the molecule is CC1CCCCN1C(C)C(=O)N1CCNCC1. The first-order valence-corrected chi connectivity index (χ1v) is 6.95. The zero-order valence-corrected chi connectivity index (χ0v) is 11.1. The summed E-state index contributed by atoms with van der Waals surface area (Å²) in [5, 5.41) is 3.29. The summed E-state index contributed by atoms with van der Waals surface area (Å²) in [5.74, 6) is 0.320. The lowest BCUT2D eigenvalue weighted by Gasteiger charge is -2.40. The van der Waals surface area contributed by atoms with Gasteiger partial charge in [-0.2, -0.15) is 0 Å². The zero-order chi connectivity index (χ0) is 12.3. The van der Waals surface area contributed by atoms with Crippen molar-refractivity contribution in [1.29, 1.82) is 0 Å². The molecule has 0 saturated carbocycles. The molecule has 0 aromatic rings. The highest BCUT2D eigenvalue weighted by Gasteiger charge is 2.30. The molecule has 0 bridgehead atoms. The highest BCUT2D eigenvalue weighted by atomic mass is 16.2. The molecule has 4 nitrogen and oxygen atoms in total. The van der Waals surface area contributed by atoms with E-state index in [0.717, 1.165) is 32.7 Å². The smallest absolute Gasteiger partial charge is 0.239 e. The lowest BCUT2D eigenvalue weighted by Crippen LogP contribution is -2.55. The molecule has 0 radical (unpaired) electrons. The summed E-state index contributed by atoms with van der Waals surface area (Å²) in [6.45, 7) is 9.02. The Bertz CT molecular complexity index is 263. The van der Waals surface area contributed by atoms with Crippen molar-refractivity contribution in [2.75, 3.05) is 32.7 Å². The Labute approximate surface area is 104 Å². The van der Waals surface area contributed by atoms with Crippen LogP contribution >= 0.6 is 0 Å². The molecule has 0 aromatic heterocycles. The third kappa shape index (κ3) is 2.99. The van der Waals surface area contributed by atoms with Crippen LogP contribution < -0.4 is 5.32 Å². The van der Waals surface area contributed by atoms with Crippen molar-refractivity contribution in [3.8, 4) is 0 Å². The largest absolute Gasteiger partial charge is 0.339 e. The number of carbonyl (C=O) groups is 1. The zero-order valence-electron chi connectivity index (χ0n) is 11.1. The number of piperidine rings is 1. The maximum Gasteiger partial charge on any atom is 0.239 e. The molecule has 2 fully saturated rings. The van der Waals surface area contributed by atoms with Gasteiger partial charge in [0, 0.05) is 32.2 Å². The molecule has 2 unspecified atom stereocenters. The Kier molecular flexibility index (Phi) is 4.40. The summed E-state index contributed by atoms with van der Waals surface area (Å²) in [5.41, 5.74) is 0. The van der Waals surface area contributed by atoms with E-state index in [2.05, 4.69) is 24.1 Å². The molecule has 2 aliphatic heterocycles. The first-order valence-electron chi connectivity index (χ1n) is 6.95. The number of piperazine rings is 1. The molecule has 0 aliphatic carbocycles. The van der Waals surface area contributed by atoms with Gasteiger partial charge in [-0.3, -0.25) is 9.69 Å². The van der Waals surface area contributed by atoms with Crippen LogP contribution in [0, 0.1) is 0 Å². The van der Waals surface area contributed by atoms with E-state index in [1.807, 2.05) is 4.90 Å². The molecule has 2 rings (SSSR count). The highest BCUT2D eigenvalue weighted by Crippen LogP contribution is 2.20. The summed E-state index contributed by atoms with van der Waals surface area (Å²) >= 11 is 0. The lowest BCUT2D eigenvalue weighted by atomic mass is 10.0. The van der Waals surface area contributed by atoms with Gasteiger partial charge in [-0.15, -0.1) is 0 Å². The molecule has 17 heavy (non-hydrogen) atoms. The van der Waals surface area contributed by atoms with Crippen LogP contribution in [0.15, 0.2) is 0 Å². The van der Waals surface area contributed by atoms with Gasteiger partial charge < -0.3 is 10.2 Å². The van der Waals surface area contributed by atoms with E-state index in [9.17, 15) is 4.79 Å². The fourth-order valence-corrected chi connectivity index (χ4v) is 2.99. The molecule has 1 amide bonds. The number of likely N-dealkylation sites (tertiary alicyclic amines) is 1. The topological polar surface area (TPSA) is 35.6 Å². The molecule has 1 N–H and O–H groups in total. The number of nitrogens with zero attached hydrogens (tertiary/aromatic N) is 2. The van der Waals surface area contributed by atoms with Gasteiger partial charge >= 0.3 is 0 Å². The fourth-order valence-electron chi connectivity index (χ4n) is 2.99. The van der Waals surface area contributed by atoms with Crippen molar-refractivity contribution < 1.29 is 4.79 Å². The molecular formula is C13H25N3O. The third-order valence-corrected chi connectivity index (χ3v) is 4.14. The average Bonchev–Trinajstić information content (AvgIpc) is 2.39. The number of hydrogen-bond acceptors (Lipinski definition) is 3. The predicted molar refractivity (Wildman–Crippen MR) is 68.9 cm³/mol. The second-order valence-corrected chi connectivity index (χ2v) is 5.33. The molecule has 2 heterocycles. The molecule has 0 spiro atoms. The van der Waals surface area contributed by atoms with Gasteiger partial charge in [-0.25, -0.2) is 0 Å². The van der Waals surface area contributed by atoms with Crippen molar-refractivity contribution >= 4 is 5.91 Å². The maximum absolute atomic E-state index is 12.4. The Morgan fingerprint density at radius 2 is 1.94 bits per heavy atom. The molecule has 98 valence electrons. The molecule has 0 aromatic carbocycles. The van der Waals surface area contributed by atoms with Crippen molar-refractivity contribution in [2.45, 2.75) is 45.2 Å². The number of rotatable bonds is 2. The maximum atomic E-state index is 12.4. The normalized spacial score (nSPS) is 29.1. The van der Waals surface area contributed by atoms with Crippen LogP contribution in [-0.4, -0.2) is 60.5 Å². The van der Waals surface area contributed by atoms with Gasteiger partial charge in [0.05, 0.1) is 6.04 Å². The summed E-state index contributed by atoms with van der Waals surface area (Å²) in [6, 6.07) is 0.619. The van der Waals surface area contributed by atoms with Crippen LogP contribution in [0.5, 0.6) is 0 Å². The molecule has 4 heteroatoms. The van der Waals surface area contributed by atoms with E-state index in [-0.39, 0.29) is 6.04 Å². The van der Waals surface area contributed by atoms with E-state index >= 15 is 0 Å². The van der Waals surface area contributed by atoms with Gasteiger partial charge in [-0.05, 0) is 33.2 Å². The number of carbonyl (C=O) groups excluding carboxylic acids is 1. The van der Waals surface area contributed by atoms with Gasteiger partial charge in [0.1, 0.15) is 0 Å². The second-order valence-electron chi connectivity index (χ2n) is 5.33. The average molecular weight is 239 g/mol. The van der Waals surface area contributed by atoms with Gasteiger partial charge in [0.2, 0.25) is 5.91 Å². The van der Waals surface area contributed by atoms with E-state index < -0.39 is 0 Å². The van der Waals surface area contributed by atoms with Crippen molar-refractivity contribution in [3.63, 3.8) is 0 Å². The van der Waals surface area contributed by atoms with Gasteiger partial charge in [0.15, 0.2) is 0 Å². The lowest BCUT2D eigenvalue weighted by molar-refractivity contribution is -0.138. The second kappa shape index (κ2) is 5.83. The van der Waals surface area contributed by atoms with Crippen LogP contribution in [0.3, 0.4) is 0 Å². The summed E-state index contributed by atoms with van der Waals surface area (Å²) in [4.78, 5) is 16.8. The van der Waals surface area contributed by atoms with E-state index in [4.69, 9.17) is 0 Å². The van der Waals surface area contributed by atoms with Crippen molar-refractivity contribution in [3.05, 3.63) is 0 Å². The van der Waals surface area contributed by atoms with E-state index in [1.165, 1.54) is 19.3 Å². The minimum absolute atomic E-state index is 0.0587. The summed E-state index contributed by atoms with van der Waals surface area (Å²) in [6.07, 6.45) is 3.79.